The van der Waals surface area contributed by atoms with Gasteiger partial charge in [-0.1, -0.05) is 12.1 Å². The zero-order chi connectivity index (χ0) is 17.7. The lowest BCUT2D eigenvalue weighted by Crippen LogP contribution is -2.13. The molecule has 1 atom stereocenters. The molecule has 0 radical (unpaired) electrons. The third kappa shape index (κ3) is 4.39. The van der Waals surface area contributed by atoms with Gasteiger partial charge in [-0.2, -0.15) is 0 Å². The Morgan fingerprint density at radius 3 is 2.58 bits per heavy atom. The topological polar surface area (TPSA) is 84.7 Å². The highest BCUT2D eigenvalue weighted by atomic mass is 31.0. The van der Waals surface area contributed by atoms with Crippen LogP contribution in [0.4, 0.5) is 26.2 Å². The first-order valence-corrected chi connectivity index (χ1v) is 7.32. The summed E-state index contributed by atoms with van der Waals surface area (Å²) in [5.74, 6) is -0.331. The molecule has 0 aromatic heterocycles. The van der Waals surface area contributed by atoms with Gasteiger partial charge in [0.05, 0.1) is 12.0 Å². The number of halogens is 1. The largest absolute Gasteiger partial charge is 0.453 e. The molecule has 0 aliphatic rings. The highest BCUT2D eigenvalue weighted by Crippen LogP contribution is 2.32. The van der Waals surface area contributed by atoms with Gasteiger partial charge in [0, 0.05) is 18.3 Å². The van der Waals surface area contributed by atoms with Crippen LogP contribution in [0.2, 0.25) is 0 Å². The minimum absolute atomic E-state index is 0.0378. The molecule has 2 rings (SSSR count). The Morgan fingerprint density at radius 1 is 1.33 bits per heavy atom. The first-order valence-electron chi connectivity index (χ1n) is 6.81. The first kappa shape index (κ1) is 17.6. The van der Waals surface area contributed by atoms with Crippen molar-refractivity contribution >= 4 is 32.5 Å². The fourth-order valence-corrected chi connectivity index (χ4v) is 2.37. The van der Waals surface area contributed by atoms with Crippen molar-refractivity contribution in [2.45, 2.75) is 6.54 Å². The van der Waals surface area contributed by atoms with E-state index >= 15 is 0 Å². The zero-order valence-corrected chi connectivity index (χ0v) is 13.9. The van der Waals surface area contributed by atoms with Crippen LogP contribution in [0.25, 0.3) is 0 Å². The number of hydrogen-bond acceptors (Lipinski definition) is 5. The first-order chi connectivity index (χ1) is 11.4. The van der Waals surface area contributed by atoms with Crippen LogP contribution in [0.1, 0.15) is 5.56 Å². The van der Waals surface area contributed by atoms with Gasteiger partial charge in [0.2, 0.25) is 0 Å². The Morgan fingerprint density at radius 2 is 2.00 bits per heavy atom. The van der Waals surface area contributed by atoms with E-state index in [4.69, 9.17) is 0 Å². The molecule has 0 heterocycles. The summed E-state index contributed by atoms with van der Waals surface area (Å²) in [5.41, 5.74) is 1.16. The van der Waals surface area contributed by atoms with Gasteiger partial charge in [-0.3, -0.25) is 15.4 Å². The average Bonchev–Trinajstić information content (AvgIpc) is 2.56. The van der Waals surface area contributed by atoms with E-state index in [0.29, 0.717) is 12.2 Å². The molecule has 2 aromatic rings. The summed E-state index contributed by atoms with van der Waals surface area (Å²) >= 11 is 0. The molecule has 0 saturated carbocycles. The number of amides is 1. The number of nitrogens with one attached hydrogen (secondary N) is 1. The summed E-state index contributed by atoms with van der Waals surface area (Å²) < 4.78 is 19.1. The minimum Gasteiger partial charge on any atom is -0.453 e. The second kappa shape index (κ2) is 7.70. The van der Waals surface area contributed by atoms with Crippen LogP contribution >= 0.6 is 9.39 Å². The number of carbonyl (C=O) groups excluding carboxylic acids is 1. The van der Waals surface area contributed by atoms with Crippen LogP contribution in [0.15, 0.2) is 42.5 Å². The number of benzene rings is 2. The van der Waals surface area contributed by atoms with Crippen LogP contribution < -0.4 is 9.99 Å². The Kier molecular flexibility index (Phi) is 5.65. The van der Waals surface area contributed by atoms with Gasteiger partial charge < -0.3 is 9.41 Å². The quantitative estimate of drug-likeness (QED) is 0.504. The van der Waals surface area contributed by atoms with Crippen LogP contribution in [-0.2, 0) is 11.3 Å². The van der Waals surface area contributed by atoms with Gasteiger partial charge in [0.25, 0.3) is 5.69 Å². The molecule has 0 bridgehead atoms. The maximum Gasteiger partial charge on any atom is 0.411 e. The van der Waals surface area contributed by atoms with Crippen molar-refractivity contribution in [2.75, 3.05) is 17.1 Å². The molecule has 2 aromatic carbocycles. The Labute approximate surface area is 139 Å². The summed E-state index contributed by atoms with van der Waals surface area (Å²) in [6.45, 7) is 0.409. The number of ether oxygens (including phenoxy) is 1. The smallest absolute Gasteiger partial charge is 0.411 e. The number of hydrogen-bond donors (Lipinski definition) is 1. The van der Waals surface area contributed by atoms with Gasteiger partial charge in [-0.15, -0.1) is 0 Å². The SMILES string of the molecule is COC(=O)Nc1ccc(N(P)Cc2ccc(F)cc2)cc1[N+](=O)[O-]. The van der Waals surface area contributed by atoms with Gasteiger partial charge >= 0.3 is 6.09 Å². The number of carbonyl (C=O) groups is 1. The van der Waals surface area contributed by atoms with Crippen molar-refractivity contribution in [1.29, 1.82) is 0 Å². The van der Waals surface area contributed by atoms with Gasteiger partial charge in [-0.05, 0) is 39.2 Å². The van der Waals surface area contributed by atoms with Crippen LogP contribution in [0, 0.1) is 15.9 Å². The van der Waals surface area contributed by atoms with Crippen molar-refractivity contribution in [3.8, 4) is 0 Å². The normalized spacial score (nSPS) is 10.1. The van der Waals surface area contributed by atoms with Crippen LogP contribution in [0.5, 0.6) is 0 Å². The second-order valence-corrected chi connectivity index (χ2v) is 5.45. The molecule has 0 spiro atoms. The molecule has 126 valence electrons. The Balaban J connectivity index is 2.23. The van der Waals surface area contributed by atoms with E-state index in [1.54, 1.807) is 22.9 Å². The van der Waals surface area contributed by atoms with E-state index in [-0.39, 0.29) is 17.2 Å². The van der Waals surface area contributed by atoms with Crippen molar-refractivity contribution < 1.29 is 18.8 Å². The van der Waals surface area contributed by atoms with E-state index in [2.05, 4.69) is 19.4 Å². The molecule has 0 fully saturated rings. The molecule has 9 heteroatoms. The second-order valence-electron chi connectivity index (χ2n) is 4.83. The molecule has 24 heavy (non-hydrogen) atoms. The molecule has 1 N–H and O–H groups in total. The van der Waals surface area contributed by atoms with Gasteiger partial charge in [0.15, 0.2) is 0 Å². The maximum absolute atomic E-state index is 12.9. The summed E-state index contributed by atoms with van der Waals surface area (Å²) in [5, 5.41) is 13.5. The summed E-state index contributed by atoms with van der Waals surface area (Å²) in [6, 6.07) is 10.3. The van der Waals surface area contributed by atoms with E-state index in [0.717, 1.165) is 5.56 Å². The number of methoxy groups -OCH3 is 1. The van der Waals surface area contributed by atoms with Gasteiger partial charge in [-0.25, -0.2) is 9.18 Å². The molecule has 7 nitrogen and oxygen atoms in total. The maximum atomic E-state index is 12.9. The molecule has 0 aliphatic heterocycles. The van der Waals surface area contributed by atoms with Crippen molar-refractivity contribution in [3.05, 3.63) is 64.0 Å². The number of anilines is 2. The lowest BCUT2D eigenvalue weighted by atomic mass is 10.2. The lowest BCUT2D eigenvalue weighted by molar-refractivity contribution is -0.383. The number of rotatable bonds is 5. The van der Waals surface area contributed by atoms with Crippen LogP contribution in [0.3, 0.4) is 0 Å². The lowest BCUT2D eigenvalue weighted by Gasteiger charge is -2.19. The number of nitrogens with zero attached hydrogens (tertiary/aromatic N) is 2. The highest BCUT2D eigenvalue weighted by molar-refractivity contribution is 7.19. The van der Waals surface area contributed by atoms with Crippen molar-refractivity contribution in [1.82, 2.24) is 0 Å². The highest BCUT2D eigenvalue weighted by Gasteiger charge is 2.18. The summed E-state index contributed by atoms with van der Waals surface area (Å²) in [4.78, 5) is 21.9. The number of nitro groups is 1. The zero-order valence-electron chi connectivity index (χ0n) is 12.7. The minimum atomic E-state index is -0.792. The van der Waals surface area contributed by atoms with E-state index in [1.807, 2.05) is 0 Å². The predicted octanol–water partition coefficient (Wildman–Crippen LogP) is 3.71. The standard InChI is InChI=1S/C15H15FN3O4P/c1-23-15(20)17-13-7-6-12(8-14(13)19(21)22)18(24)9-10-2-4-11(16)5-3-10/h2-8H,9,24H2,1H3,(H,17,20). The van der Waals surface area contributed by atoms with E-state index < -0.39 is 11.0 Å². The summed E-state index contributed by atoms with van der Waals surface area (Å²) in [6.07, 6.45) is -0.792. The molecule has 0 aliphatic carbocycles. The molecular weight excluding hydrogens is 336 g/mol. The number of nitro benzene ring substituents is 1. The third-order valence-electron chi connectivity index (χ3n) is 3.20. The third-order valence-corrected chi connectivity index (χ3v) is 3.68. The van der Waals surface area contributed by atoms with E-state index in [1.165, 1.54) is 31.4 Å². The van der Waals surface area contributed by atoms with Gasteiger partial charge in [0.1, 0.15) is 11.5 Å². The Hall–Kier alpha value is -2.73. The van der Waals surface area contributed by atoms with Crippen molar-refractivity contribution in [3.63, 3.8) is 0 Å². The van der Waals surface area contributed by atoms with E-state index in [9.17, 15) is 19.3 Å². The molecule has 0 saturated heterocycles. The van der Waals surface area contributed by atoms with Crippen LogP contribution in [-0.4, -0.2) is 18.1 Å². The fourth-order valence-electron chi connectivity index (χ4n) is 1.99. The predicted molar refractivity (Wildman–Crippen MR) is 91.4 cm³/mol. The molecule has 1 unspecified atom stereocenters. The Bertz CT molecular complexity index is 755. The summed E-state index contributed by atoms with van der Waals surface area (Å²) in [7, 11) is 3.62. The molecular formula is C15H15FN3O4P. The monoisotopic (exact) mass is 351 g/mol. The van der Waals surface area contributed by atoms with Crippen molar-refractivity contribution in [2.24, 2.45) is 0 Å². The molecule has 1 amide bonds. The fraction of sp³-hybridized carbons (Fsp3) is 0.133. The average molecular weight is 351 g/mol.